The van der Waals surface area contributed by atoms with E-state index in [-0.39, 0.29) is 0 Å². The minimum Gasteiger partial charge on any atom is -0.478 e. The highest BCUT2D eigenvalue weighted by molar-refractivity contribution is 6.75. The fraction of sp³-hybridized carbons (Fsp3) is 0.125. The molecule has 2 aromatic heterocycles. The number of aromatic nitrogens is 4. The Bertz CT molecular complexity index is 417. The minimum atomic E-state index is -2.17. The van der Waals surface area contributed by atoms with Crippen LogP contribution in [0.4, 0.5) is 0 Å². The van der Waals surface area contributed by atoms with Gasteiger partial charge in [-0.25, -0.2) is 14.8 Å². The lowest BCUT2D eigenvalue weighted by molar-refractivity contribution is -0.135. The molecular formula is C8H7Cl3N4O2. The molecule has 0 saturated heterocycles. The van der Waals surface area contributed by atoms with Gasteiger partial charge in [0.1, 0.15) is 0 Å². The molecule has 0 radical (unpaired) electrons. The molecule has 0 unspecified atom stereocenters. The van der Waals surface area contributed by atoms with E-state index in [2.05, 4.69) is 19.9 Å². The maximum Gasteiger partial charge on any atom is 0.356 e. The van der Waals surface area contributed by atoms with Crippen molar-refractivity contribution in [3.63, 3.8) is 0 Å². The van der Waals surface area contributed by atoms with E-state index in [0.717, 1.165) is 11.6 Å². The maximum atomic E-state index is 9.62. The number of carbonyl (C=O) groups is 1. The molecule has 9 heteroatoms. The first-order chi connectivity index (χ1) is 7.91. The summed E-state index contributed by atoms with van der Waals surface area (Å²) in [5.74, 6) is 0.0764. The number of carboxylic acid groups (broad SMARTS) is 1. The molecular weight excluding hydrogens is 290 g/mol. The van der Waals surface area contributed by atoms with Crippen molar-refractivity contribution in [2.24, 2.45) is 0 Å². The van der Waals surface area contributed by atoms with Gasteiger partial charge in [-0.3, -0.25) is 0 Å². The molecule has 0 aliphatic heterocycles. The summed E-state index contributed by atoms with van der Waals surface area (Å²) in [6.07, 6.45) is 6.91. The van der Waals surface area contributed by atoms with Crippen molar-refractivity contribution in [2.45, 2.75) is 3.79 Å². The molecule has 0 bridgehead atoms. The Morgan fingerprint density at radius 3 is 1.65 bits per heavy atom. The van der Waals surface area contributed by atoms with E-state index < -0.39 is 9.76 Å². The van der Waals surface area contributed by atoms with Gasteiger partial charge in [-0.15, -0.1) is 0 Å². The Hall–Kier alpha value is -1.24. The summed E-state index contributed by atoms with van der Waals surface area (Å²) in [5, 5.41) is 7.85. The Labute approximate surface area is 111 Å². The van der Waals surface area contributed by atoms with E-state index >= 15 is 0 Å². The Morgan fingerprint density at radius 2 is 1.47 bits per heavy atom. The van der Waals surface area contributed by atoms with Gasteiger partial charge in [0, 0.05) is 24.8 Å². The number of aliphatic carboxylic acids is 1. The van der Waals surface area contributed by atoms with Gasteiger partial charge >= 0.3 is 5.97 Å². The monoisotopic (exact) mass is 296 g/mol. The first-order valence-corrected chi connectivity index (χ1v) is 5.34. The van der Waals surface area contributed by atoms with Crippen LogP contribution in [0.25, 0.3) is 11.6 Å². The molecule has 2 rings (SSSR count). The number of H-pyrrole nitrogens is 2. The summed E-state index contributed by atoms with van der Waals surface area (Å²) in [5.41, 5.74) is 0. The first kappa shape index (κ1) is 13.8. The molecule has 92 valence electrons. The van der Waals surface area contributed by atoms with Gasteiger partial charge in [0.25, 0.3) is 3.79 Å². The lowest BCUT2D eigenvalue weighted by Crippen LogP contribution is -2.16. The molecule has 0 spiro atoms. The standard InChI is InChI=1S/C6H6N4.C2HCl3O2/c1-2-8-5(7-1)6-9-3-4-10-6;3-2(4,5)1(6)7/h1-4H,(H,7,8)(H,9,10);(H,6,7). The second kappa shape index (κ2) is 5.90. The zero-order valence-electron chi connectivity index (χ0n) is 8.19. The van der Waals surface area contributed by atoms with Gasteiger partial charge in [0.2, 0.25) is 0 Å². The van der Waals surface area contributed by atoms with Crippen LogP contribution in [0.15, 0.2) is 24.8 Å². The predicted octanol–water partition coefficient (Wildman–Crippen LogP) is 2.24. The number of hydrogen-bond donors (Lipinski definition) is 3. The molecule has 6 nitrogen and oxygen atoms in total. The molecule has 0 fully saturated rings. The van der Waals surface area contributed by atoms with Crippen LogP contribution in [0.3, 0.4) is 0 Å². The quantitative estimate of drug-likeness (QED) is 0.704. The molecule has 0 amide bonds. The lowest BCUT2D eigenvalue weighted by Gasteiger charge is -1.99. The highest BCUT2D eigenvalue weighted by Crippen LogP contribution is 2.25. The normalized spacial score (nSPS) is 10.5. The number of halogens is 3. The third-order valence-electron chi connectivity index (χ3n) is 1.46. The summed E-state index contributed by atoms with van der Waals surface area (Å²) in [4.78, 5) is 23.5. The second-order valence-electron chi connectivity index (χ2n) is 2.68. The average Bonchev–Trinajstić information content (AvgIpc) is 2.90. The fourth-order valence-electron chi connectivity index (χ4n) is 0.790. The molecule has 0 aromatic carbocycles. The summed E-state index contributed by atoms with van der Waals surface area (Å²) >= 11 is 14.4. The zero-order chi connectivity index (χ0) is 12.9. The van der Waals surface area contributed by atoms with Crippen LogP contribution in [0.5, 0.6) is 0 Å². The van der Waals surface area contributed by atoms with Crippen molar-refractivity contribution in [3.05, 3.63) is 24.8 Å². The smallest absolute Gasteiger partial charge is 0.356 e. The second-order valence-corrected chi connectivity index (χ2v) is 4.96. The maximum absolute atomic E-state index is 9.62. The SMILES string of the molecule is O=C(O)C(Cl)(Cl)Cl.c1c[nH]c(-c2ncc[nH]2)n1. The third-order valence-corrected chi connectivity index (χ3v) is 1.95. The Morgan fingerprint density at radius 1 is 1.12 bits per heavy atom. The molecule has 17 heavy (non-hydrogen) atoms. The topological polar surface area (TPSA) is 94.7 Å². The molecule has 3 N–H and O–H groups in total. The van der Waals surface area contributed by atoms with E-state index in [1.807, 2.05) is 0 Å². The van der Waals surface area contributed by atoms with E-state index in [4.69, 9.17) is 39.9 Å². The van der Waals surface area contributed by atoms with Gasteiger partial charge in [-0.2, -0.15) is 0 Å². The van der Waals surface area contributed by atoms with Crippen molar-refractivity contribution in [1.29, 1.82) is 0 Å². The summed E-state index contributed by atoms with van der Waals surface area (Å²) in [6.45, 7) is 0. The lowest BCUT2D eigenvalue weighted by atomic mass is 10.6. The van der Waals surface area contributed by atoms with Crippen LogP contribution in [-0.2, 0) is 4.79 Å². The van der Waals surface area contributed by atoms with Crippen LogP contribution in [0.1, 0.15) is 0 Å². The van der Waals surface area contributed by atoms with Crippen LogP contribution in [-0.4, -0.2) is 34.8 Å². The Kier molecular flexibility index (Phi) is 4.80. The summed E-state index contributed by atoms with van der Waals surface area (Å²) < 4.78 is -2.17. The van der Waals surface area contributed by atoms with Crippen LogP contribution in [0, 0.1) is 0 Å². The van der Waals surface area contributed by atoms with Crippen LogP contribution >= 0.6 is 34.8 Å². The van der Waals surface area contributed by atoms with Crippen molar-refractivity contribution >= 4 is 40.8 Å². The van der Waals surface area contributed by atoms with Crippen molar-refractivity contribution in [1.82, 2.24) is 19.9 Å². The van der Waals surface area contributed by atoms with Gasteiger partial charge in [-0.05, 0) is 0 Å². The number of imidazole rings is 2. The molecule has 2 heterocycles. The number of nitrogens with zero attached hydrogens (tertiary/aromatic N) is 2. The van der Waals surface area contributed by atoms with Gasteiger partial charge in [0.15, 0.2) is 11.6 Å². The number of nitrogens with one attached hydrogen (secondary N) is 2. The van der Waals surface area contributed by atoms with E-state index in [1.54, 1.807) is 24.8 Å². The van der Waals surface area contributed by atoms with Gasteiger partial charge < -0.3 is 15.1 Å². The zero-order valence-corrected chi connectivity index (χ0v) is 10.5. The predicted molar refractivity (Wildman–Crippen MR) is 64.1 cm³/mol. The molecule has 2 aromatic rings. The van der Waals surface area contributed by atoms with Crippen molar-refractivity contribution < 1.29 is 9.90 Å². The number of hydrogen-bond acceptors (Lipinski definition) is 3. The van der Waals surface area contributed by atoms with Crippen molar-refractivity contribution in [2.75, 3.05) is 0 Å². The van der Waals surface area contributed by atoms with E-state index in [1.165, 1.54) is 0 Å². The number of rotatable bonds is 1. The number of aromatic amines is 2. The Balaban J connectivity index is 0.000000185. The average molecular weight is 298 g/mol. The van der Waals surface area contributed by atoms with Crippen molar-refractivity contribution in [3.8, 4) is 11.6 Å². The van der Waals surface area contributed by atoms with Crippen LogP contribution in [0.2, 0.25) is 0 Å². The molecule has 0 aliphatic carbocycles. The first-order valence-electron chi connectivity index (χ1n) is 4.20. The molecule has 0 aliphatic rings. The number of carboxylic acids is 1. The van der Waals surface area contributed by atoms with Crippen LogP contribution < -0.4 is 0 Å². The minimum absolute atomic E-state index is 0.769. The number of alkyl halides is 3. The highest BCUT2D eigenvalue weighted by Gasteiger charge is 2.29. The van der Waals surface area contributed by atoms with E-state index in [9.17, 15) is 4.79 Å². The molecule has 0 atom stereocenters. The van der Waals surface area contributed by atoms with Gasteiger partial charge in [0.05, 0.1) is 0 Å². The largest absolute Gasteiger partial charge is 0.478 e. The fourth-order valence-corrected chi connectivity index (χ4v) is 0.790. The summed E-state index contributed by atoms with van der Waals surface area (Å²) in [6, 6.07) is 0. The van der Waals surface area contributed by atoms with E-state index in [0.29, 0.717) is 0 Å². The third kappa shape index (κ3) is 4.64. The van der Waals surface area contributed by atoms with Gasteiger partial charge in [-0.1, -0.05) is 34.8 Å². The highest BCUT2D eigenvalue weighted by atomic mass is 35.6. The molecule has 0 saturated carbocycles. The summed E-state index contributed by atoms with van der Waals surface area (Å²) in [7, 11) is 0.